The lowest BCUT2D eigenvalue weighted by molar-refractivity contribution is 0.101. The fourth-order valence-corrected chi connectivity index (χ4v) is 3.49. The van der Waals surface area contributed by atoms with Crippen LogP contribution in [0.4, 0.5) is 0 Å². The third-order valence-electron chi connectivity index (χ3n) is 4.71. The van der Waals surface area contributed by atoms with Crippen LogP contribution in [0.25, 0.3) is 11.1 Å². The number of hydrogen-bond donors (Lipinski definition) is 1. The molecule has 2 aromatic carbocycles. The molecule has 0 bridgehead atoms. The number of fused-ring (bicyclic) bond motifs is 4. The highest BCUT2D eigenvalue weighted by atomic mass is 16.5. The van der Waals surface area contributed by atoms with E-state index in [1.807, 2.05) is 24.3 Å². The van der Waals surface area contributed by atoms with Crippen molar-refractivity contribution in [2.75, 3.05) is 0 Å². The Labute approximate surface area is 129 Å². The molecule has 0 saturated carbocycles. The molecule has 1 aliphatic heterocycles. The minimum atomic E-state index is -0.376. The predicted molar refractivity (Wildman–Crippen MR) is 84.1 cm³/mol. The van der Waals surface area contributed by atoms with E-state index in [9.17, 15) is 9.90 Å². The van der Waals surface area contributed by atoms with Gasteiger partial charge in [0.2, 0.25) is 0 Å². The first-order valence-electron chi connectivity index (χ1n) is 7.75. The summed E-state index contributed by atoms with van der Waals surface area (Å²) in [6.07, 6.45) is 2.47. The highest BCUT2D eigenvalue weighted by Crippen LogP contribution is 2.43. The largest absolute Gasteiger partial charge is 0.488 e. The lowest BCUT2D eigenvalue weighted by Crippen LogP contribution is -2.13. The van der Waals surface area contributed by atoms with Crippen LogP contribution in [-0.4, -0.2) is 10.9 Å². The predicted octanol–water partition coefficient (Wildman–Crippen LogP) is 3.82. The van der Waals surface area contributed by atoms with Crippen LogP contribution < -0.4 is 4.74 Å². The summed E-state index contributed by atoms with van der Waals surface area (Å²) in [5, 5.41) is 10.2. The van der Waals surface area contributed by atoms with Gasteiger partial charge in [-0.25, -0.2) is 0 Å². The molecule has 3 heteroatoms. The third-order valence-corrected chi connectivity index (χ3v) is 4.71. The molecule has 0 spiro atoms. The van der Waals surface area contributed by atoms with Crippen molar-refractivity contribution >= 4 is 5.78 Å². The maximum absolute atomic E-state index is 11.5. The molecule has 112 valence electrons. The molecule has 0 radical (unpaired) electrons. The molecule has 1 unspecified atom stereocenters. The second kappa shape index (κ2) is 4.96. The Morgan fingerprint density at radius 3 is 2.86 bits per heavy atom. The summed E-state index contributed by atoms with van der Waals surface area (Å²) in [4.78, 5) is 11.5. The van der Waals surface area contributed by atoms with E-state index in [2.05, 4.69) is 6.07 Å². The molecule has 0 amide bonds. The molecule has 0 aromatic heterocycles. The standard InChI is InChI=1S/C19H18O3/c1-11(20)12-5-6-15-14(7-12)10-22-19-9-16-13(8-17(15)19)3-2-4-18(16)21/h5-9,18,21H,2-4,10H2,1H3. The normalized spacial score (nSPS) is 18.7. The lowest BCUT2D eigenvalue weighted by Gasteiger charge is -2.27. The fourth-order valence-electron chi connectivity index (χ4n) is 3.49. The van der Waals surface area contributed by atoms with Crippen molar-refractivity contribution in [3.8, 4) is 16.9 Å². The number of aliphatic hydroxyl groups is 1. The Morgan fingerprint density at radius 2 is 2.05 bits per heavy atom. The quantitative estimate of drug-likeness (QED) is 0.813. The van der Waals surface area contributed by atoms with Gasteiger partial charge < -0.3 is 9.84 Å². The zero-order valence-electron chi connectivity index (χ0n) is 12.6. The van der Waals surface area contributed by atoms with E-state index < -0.39 is 0 Å². The van der Waals surface area contributed by atoms with Crippen molar-refractivity contribution in [2.45, 2.75) is 38.9 Å². The summed E-state index contributed by atoms with van der Waals surface area (Å²) >= 11 is 0. The molecule has 22 heavy (non-hydrogen) atoms. The van der Waals surface area contributed by atoms with E-state index in [1.165, 1.54) is 5.56 Å². The van der Waals surface area contributed by atoms with Crippen molar-refractivity contribution < 1.29 is 14.6 Å². The Morgan fingerprint density at radius 1 is 1.18 bits per heavy atom. The molecule has 4 rings (SSSR count). The summed E-state index contributed by atoms with van der Waals surface area (Å²) in [5.41, 5.74) is 6.20. The number of rotatable bonds is 1. The average Bonchev–Trinajstić information content (AvgIpc) is 2.53. The number of ether oxygens (including phenoxy) is 1. The SMILES string of the molecule is CC(=O)c1ccc2c(c1)COc1cc3c(cc1-2)CCCC3O. The van der Waals surface area contributed by atoms with Gasteiger partial charge in [-0.05, 0) is 66.6 Å². The number of benzene rings is 2. The summed E-state index contributed by atoms with van der Waals surface area (Å²) in [6, 6.07) is 9.97. The highest BCUT2D eigenvalue weighted by Gasteiger charge is 2.24. The fraction of sp³-hybridized carbons (Fsp3) is 0.316. The van der Waals surface area contributed by atoms with Crippen molar-refractivity contribution in [1.82, 2.24) is 0 Å². The van der Waals surface area contributed by atoms with Crippen LogP contribution in [0.5, 0.6) is 5.75 Å². The number of carbonyl (C=O) groups is 1. The molecule has 0 fully saturated rings. The van der Waals surface area contributed by atoms with Crippen molar-refractivity contribution in [3.63, 3.8) is 0 Å². The first-order valence-corrected chi connectivity index (χ1v) is 7.75. The molecule has 1 heterocycles. The maximum atomic E-state index is 11.5. The molecule has 2 aromatic rings. The summed E-state index contributed by atoms with van der Waals surface area (Å²) in [6.45, 7) is 2.05. The molecule has 0 saturated heterocycles. The van der Waals surface area contributed by atoms with E-state index in [4.69, 9.17) is 4.74 Å². The van der Waals surface area contributed by atoms with Crippen molar-refractivity contribution in [1.29, 1.82) is 0 Å². The lowest BCUT2D eigenvalue weighted by atomic mass is 9.85. The van der Waals surface area contributed by atoms with Gasteiger partial charge in [-0.15, -0.1) is 0 Å². The van der Waals surface area contributed by atoms with Gasteiger partial charge in [0.15, 0.2) is 5.78 Å². The number of ketones is 1. The zero-order valence-corrected chi connectivity index (χ0v) is 12.6. The highest BCUT2D eigenvalue weighted by molar-refractivity contribution is 5.95. The Balaban J connectivity index is 1.86. The first kappa shape index (κ1) is 13.5. The minimum absolute atomic E-state index is 0.0714. The molecule has 1 aliphatic carbocycles. The monoisotopic (exact) mass is 294 g/mol. The smallest absolute Gasteiger partial charge is 0.159 e. The molecule has 1 atom stereocenters. The topological polar surface area (TPSA) is 46.5 Å². The second-order valence-corrected chi connectivity index (χ2v) is 6.17. The molecule has 3 nitrogen and oxygen atoms in total. The number of aliphatic hydroxyl groups excluding tert-OH is 1. The van der Waals surface area contributed by atoms with Crippen LogP contribution in [0.15, 0.2) is 30.3 Å². The number of aryl methyl sites for hydroxylation is 1. The molecular weight excluding hydrogens is 276 g/mol. The maximum Gasteiger partial charge on any atom is 0.159 e. The Hall–Kier alpha value is -2.13. The van der Waals surface area contributed by atoms with Crippen LogP contribution in [-0.2, 0) is 13.0 Å². The number of carbonyl (C=O) groups excluding carboxylic acids is 1. The molecular formula is C19H18O3. The van der Waals surface area contributed by atoms with Gasteiger partial charge in [-0.2, -0.15) is 0 Å². The van der Waals surface area contributed by atoms with Crippen LogP contribution >= 0.6 is 0 Å². The van der Waals surface area contributed by atoms with E-state index in [1.54, 1.807) is 6.92 Å². The van der Waals surface area contributed by atoms with Gasteiger partial charge in [-0.1, -0.05) is 12.1 Å². The van der Waals surface area contributed by atoms with E-state index in [0.717, 1.165) is 52.8 Å². The first-order chi connectivity index (χ1) is 10.6. The minimum Gasteiger partial charge on any atom is -0.488 e. The number of Topliss-reactive ketones (excluding diaryl/α,β-unsaturated/α-hetero) is 1. The summed E-state index contributed by atoms with van der Waals surface area (Å²) in [7, 11) is 0. The summed E-state index contributed by atoms with van der Waals surface area (Å²) in [5.74, 6) is 0.907. The van der Waals surface area contributed by atoms with Crippen LogP contribution in [0, 0.1) is 0 Å². The van der Waals surface area contributed by atoms with Crippen LogP contribution in [0.3, 0.4) is 0 Å². The Bertz CT molecular complexity index is 776. The van der Waals surface area contributed by atoms with Gasteiger partial charge in [-0.3, -0.25) is 4.79 Å². The van der Waals surface area contributed by atoms with Gasteiger partial charge in [0.1, 0.15) is 12.4 Å². The van der Waals surface area contributed by atoms with Gasteiger partial charge in [0, 0.05) is 11.1 Å². The Kier molecular flexibility index (Phi) is 3.05. The summed E-state index contributed by atoms with van der Waals surface area (Å²) < 4.78 is 5.88. The van der Waals surface area contributed by atoms with Gasteiger partial charge in [0.25, 0.3) is 0 Å². The average molecular weight is 294 g/mol. The molecule has 1 N–H and O–H groups in total. The second-order valence-electron chi connectivity index (χ2n) is 6.17. The van der Waals surface area contributed by atoms with E-state index in [-0.39, 0.29) is 11.9 Å². The van der Waals surface area contributed by atoms with Gasteiger partial charge >= 0.3 is 0 Å². The van der Waals surface area contributed by atoms with E-state index >= 15 is 0 Å². The van der Waals surface area contributed by atoms with Crippen molar-refractivity contribution in [3.05, 3.63) is 52.6 Å². The van der Waals surface area contributed by atoms with Crippen LogP contribution in [0.2, 0.25) is 0 Å². The third kappa shape index (κ3) is 2.04. The van der Waals surface area contributed by atoms with E-state index in [0.29, 0.717) is 6.61 Å². The molecule has 2 aliphatic rings. The van der Waals surface area contributed by atoms with Crippen molar-refractivity contribution in [2.24, 2.45) is 0 Å². The van der Waals surface area contributed by atoms with Gasteiger partial charge in [0.05, 0.1) is 6.10 Å². The zero-order chi connectivity index (χ0) is 15.3. The number of hydrogen-bond acceptors (Lipinski definition) is 3. The van der Waals surface area contributed by atoms with Crippen LogP contribution in [0.1, 0.15) is 52.9 Å².